The Morgan fingerprint density at radius 2 is 2.08 bits per heavy atom. The van der Waals surface area contributed by atoms with Gasteiger partial charge in [-0.1, -0.05) is 30.3 Å². The van der Waals surface area contributed by atoms with Gasteiger partial charge in [-0.25, -0.2) is 17.8 Å². The van der Waals surface area contributed by atoms with Crippen molar-refractivity contribution in [3.8, 4) is 0 Å². The number of halogens is 2. The lowest BCUT2D eigenvalue weighted by Gasteiger charge is -2.09. The van der Waals surface area contributed by atoms with E-state index in [2.05, 4.69) is 9.71 Å². The predicted octanol–water partition coefficient (Wildman–Crippen LogP) is 5.00. The van der Waals surface area contributed by atoms with E-state index < -0.39 is 15.8 Å². The Hall–Kier alpha value is -1.35. The molecular weight excluding hydrogens is 391 g/mol. The van der Waals surface area contributed by atoms with E-state index in [1.165, 1.54) is 11.3 Å². The minimum Gasteiger partial charge on any atom is -0.280 e. The van der Waals surface area contributed by atoms with Gasteiger partial charge < -0.3 is 0 Å². The van der Waals surface area contributed by atoms with Crippen LogP contribution in [0.15, 0.2) is 45.6 Å². The summed E-state index contributed by atoms with van der Waals surface area (Å²) in [4.78, 5) is 4.29. The lowest BCUT2D eigenvalue weighted by Crippen LogP contribution is -2.13. The zero-order valence-electron chi connectivity index (χ0n) is 12.4. The van der Waals surface area contributed by atoms with Gasteiger partial charge in [0, 0.05) is 0 Å². The monoisotopic (exact) mass is 402 g/mol. The largest absolute Gasteiger partial charge is 0.280 e. The average Bonchev–Trinajstić information content (AvgIpc) is 2.88. The number of thioether (sulfide) groups is 1. The van der Waals surface area contributed by atoms with E-state index in [1.54, 1.807) is 30.0 Å². The van der Waals surface area contributed by atoms with Crippen LogP contribution in [0, 0.1) is 5.82 Å². The molecule has 1 aromatic heterocycles. The maximum Gasteiger partial charge on any atom is 0.263 e. The van der Waals surface area contributed by atoms with E-state index >= 15 is 0 Å². The van der Waals surface area contributed by atoms with Crippen LogP contribution in [0.2, 0.25) is 5.02 Å². The van der Waals surface area contributed by atoms with E-state index in [4.69, 9.17) is 11.6 Å². The number of fused-ring (bicyclic) bond motifs is 1. The third-order valence-electron chi connectivity index (χ3n) is 3.07. The predicted molar refractivity (Wildman–Crippen MR) is 98.2 cm³/mol. The molecule has 0 radical (unpaired) electrons. The van der Waals surface area contributed by atoms with E-state index in [0.717, 1.165) is 38.5 Å². The number of sulfonamides is 1. The minimum atomic E-state index is -3.90. The molecular formula is C15H12ClFN2O2S3. The van der Waals surface area contributed by atoms with Crippen molar-refractivity contribution in [2.45, 2.75) is 16.2 Å². The third-order valence-corrected chi connectivity index (χ3v) is 6.98. The molecule has 0 fully saturated rings. The maximum atomic E-state index is 13.1. The summed E-state index contributed by atoms with van der Waals surface area (Å²) in [5.41, 5.74) is 1.22. The van der Waals surface area contributed by atoms with Gasteiger partial charge in [-0.05, 0) is 42.2 Å². The van der Waals surface area contributed by atoms with Crippen LogP contribution in [-0.2, 0) is 10.0 Å². The highest BCUT2D eigenvalue weighted by Crippen LogP contribution is 2.32. The van der Waals surface area contributed by atoms with Crippen LogP contribution in [0.4, 0.5) is 10.1 Å². The molecule has 3 rings (SSSR count). The lowest BCUT2D eigenvalue weighted by molar-refractivity contribution is 0.600. The Labute approximate surface area is 152 Å². The third kappa shape index (κ3) is 3.66. The molecule has 9 heteroatoms. The molecule has 0 saturated carbocycles. The van der Waals surface area contributed by atoms with Crippen molar-refractivity contribution in [1.82, 2.24) is 4.98 Å². The van der Waals surface area contributed by atoms with Gasteiger partial charge in [-0.15, -0.1) is 11.3 Å². The van der Waals surface area contributed by atoms with Crippen LogP contribution < -0.4 is 4.72 Å². The zero-order valence-corrected chi connectivity index (χ0v) is 15.6. The van der Waals surface area contributed by atoms with Crippen molar-refractivity contribution in [1.29, 1.82) is 0 Å². The summed E-state index contributed by atoms with van der Waals surface area (Å²) in [6.45, 7) is 2.04. The van der Waals surface area contributed by atoms with Crippen LogP contribution >= 0.6 is 34.7 Å². The Balaban J connectivity index is 1.93. The Morgan fingerprint density at radius 3 is 2.79 bits per heavy atom. The lowest BCUT2D eigenvalue weighted by atomic mass is 10.3. The van der Waals surface area contributed by atoms with Crippen molar-refractivity contribution in [2.75, 3.05) is 10.5 Å². The smallest absolute Gasteiger partial charge is 0.263 e. The first-order valence-electron chi connectivity index (χ1n) is 6.90. The second kappa shape index (κ2) is 6.87. The van der Waals surface area contributed by atoms with Crippen LogP contribution in [0.25, 0.3) is 10.2 Å². The van der Waals surface area contributed by atoms with E-state index in [9.17, 15) is 12.8 Å². The number of aromatic nitrogens is 1. The molecule has 0 aliphatic heterocycles. The summed E-state index contributed by atoms with van der Waals surface area (Å²) < 4.78 is 42.3. The fourth-order valence-corrected chi connectivity index (χ4v) is 5.64. The number of hydrogen-bond donors (Lipinski definition) is 1. The van der Waals surface area contributed by atoms with E-state index in [1.807, 2.05) is 6.92 Å². The summed E-state index contributed by atoms with van der Waals surface area (Å²) in [6, 6.07) is 8.29. The quantitative estimate of drug-likeness (QED) is 0.610. The second-order valence-electron chi connectivity index (χ2n) is 4.78. The highest BCUT2D eigenvalue weighted by Gasteiger charge is 2.19. The molecule has 0 atom stereocenters. The van der Waals surface area contributed by atoms with E-state index in [0.29, 0.717) is 5.69 Å². The van der Waals surface area contributed by atoms with Gasteiger partial charge in [0.2, 0.25) is 0 Å². The molecule has 0 aliphatic rings. The molecule has 24 heavy (non-hydrogen) atoms. The molecule has 3 aromatic rings. The van der Waals surface area contributed by atoms with Gasteiger partial charge in [0.25, 0.3) is 10.0 Å². The van der Waals surface area contributed by atoms with Gasteiger partial charge in [0.05, 0.1) is 20.9 Å². The summed E-state index contributed by atoms with van der Waals surface area (Å²) >= 11 is 8.98. The normalized spacial score (nSPS) is 11.8. The summed E-state index contributed by atoms with van der Waals surface area (Å²) in [6.07, 6.45) is 0. The Morgan fingerprint density at radius 1 is 1.29 bits per heavy atom. The molecule has 0 bridgehead atoms. The SMILES string of the molecule is CCSc1nc2ccc(NS(=O)(=O)c3ccc(F)cc3Cl)cc2s1. The van der Waals surface area contributed by atoms with Gasteiger partial charge in [0.1, 0.15) is 10.7 Å². The second-order valence-corrected chi connectivity index (χ2v) is 9.38. The number of rotatable bonds is 5. The van der Waals surface area contributed by atoms with Crippen LogP contribution in [-0.4, -0.2) is 19.2 Å². The molecule has 0 amide bonds. The van der Waals surface area contributed by atoms with Crippen molar-refractivity contribution < 1.29 is 12.8 Å². The number of thiazole rings is 1. The van der Waals surface area contributed by atoms with Crippen LogP contribution in [0.5, 0.6) is 0 Å². The highest BCUT2D eigenvalue weighted by molar-refractivity contribution is 8.01. The Kier molecular flexibility index (Phi) is 5.00. The number of benzene rings is 2. The fraction of sp³-hybridized carbons (Fsp3) is 0.133. The van der Waals surface area contributed by atoms with Crippen molar-refractivity contribution >= 4 is 60.6 Å². The molecule has 0 saturated heterocycles. The van der Waals surface area contributed by atoms with Crippen molar-refractivity contribution in [2.24, 2.45) is 0 Å². The van der Waals surface area contributed by atoms with Crippen molar-refractivity contribution in [3.05, 3.63) is 47.2 Å². The minimum absolute atomic E-state index is 0.164. The topological polar surface area (TPSA) is 59.1 Å². The first-order chi connectivity index (χ1) is 11.4. The van der Waals surface area contributed by atoms with Gasteiger partial charge in [-0.3, -0.25) is 4.72 Å². The zero-order chi connectivity index (χ0) is 17.3. The molecule has 2 aromatic carbocycles. The summed E-state index contributed by atoms with van der Waals surface area (Å²) in [5, 5.41) is -0.164. The average molecular weight is 403 g/mol. The Bertz CT molecular complexity index is 1010. The molecule has 1 heterocycles. The molecule has 126 valence electrons. The van der Waals surface area contributed by atoms with Crippen LogP contribution in [0.3, 0.4) is 0 Å². The molecule has 1 N–H and O–H groups in total. The van der Waals surface area contributed by atoms with Crippen LogP contribution in [0.1, 0.15) is 6.92 Å². The highest BCUT2D eigenvalue weighted by atomic mass is 35.5. The van der Waals surface area contributed by atoms with Gasteiger partial charge in [-0.2, -0.15) is 0 Å². The fourth-order valence-electron chi connectivity index (χ4n) is 2.06. The molecule has 0 spiro atoms. The van der Waals surface area contributed by atoms with Gasteiger partial charge >= 0.3 is 0 Å². The number of nitrogens with zero attached hydrogens (tertiary/aromatic N) is 1. The molecule has 4 nitrogen and oxygen atoms in total. The number of hydrogen-bond acceptors (Lipinski definition) is 5. The van der Waals surface area contributed by atoms with E-state index in [-0.39, 0.29) is 9.92 Å². The molecule has 0 aliphatic carbocycles. The molecule has 0 unspecified atom stereocenters. The standard InChI is InChI=1S/C15H12ClFN2O2S3/c1-2-22-15-18-12-5-4-10(8-13(12)23-15)19-24(20,21)14-6-3-9(17)7-11(14)16/h3-8,19H,2H2,1H3. The van der Waals surface area contributed by atoms with Gasteiger partial charge in [0.15, 0.2) is 4.34 Å². The number of anilines is 1. The summed E-state index contributed by atoms with van der Waals surface area (Å²) in [7, 11) is -3.90. The maximum absolute atomic E-state index is 13.1. The first-order valence-corrected chi connectivity index (χ1v) is 10.6. The summed E-state index contributed by atoms with van der Waals surface area (Å²) in [5.74, 6) is 0.327. The van der Waals surface area contributed by atoms with Crippen molar-refractivity contribution in [3.63, 3.8) is 0 Å². The number of nitrogens with one attached hydrogen (secondary N) is 1. The first kappa shape index (κ1) is 17.5.